The quantitative estimate of drug-likeness (QED) is 0.830. The van der Waals surface area contributed by atoms with E-state index in [1.807, 2.05) is 20.8 Å². The highest BCUT2D eigenvalue weighted by atomic mass is 35.5. The summed E-state index contributed by atoms with van der Waals surface area (Å²) in [5, 5.41) is 3.45. The SMILES string of the molecule is CCc1nc(Cl)c(C)c(NCC(=O)N(C)CC)n1. The van der Waals surface area contributed by atoms with Crippen molar-refractivity contribution in [1.82, 2.24) is 14.9 Å². The highest BCUT2D eigenvalue weighted by Crippen LogP contribution is 2.19. The molecule has 1 N–H and O–H groups in total. The number of anilines is 1. The van der Waals surface area contributed by atoms with E-state index in [4.69, 9.17) is 11.6 Å². The van der Waals surface area contributed by atoms with Crippen LogP contribution in [0.15, 0.2) is 0 Å². The van der Waals surface area contributed by atoms with Crippen LogP contribution in [0.25, 0.3) is 0 Å². The van der Waals surface area contributed by atoms with E-state index in [-0.39, 0.29) is 12.5 Å². The Bertz CT molecular complexity index is 436. The Kier molecular flexibility index (Phi) is 5.34. The van der Waals surface area contributed by atoms with E-state index in [2.05, 4.69) is 15.3 Å². The second-order valence-corrected chi connectivity index (χ2v) is 4.38. The van der Waals surface area contributed by atoms with E-state index in [1.165, 1.54) is 0 Å². The summed E-state index contributed by atoms with van der Waals surface area (Å²) in [5.74, 6) is 1.32. The van der Waals surface area contributed by atoms with Gasteiger partial charge in [-0.05, 0) is 13.8 Å². The van der Waals surface area contributed by atoms with Crippen molar-refractivity contribution in [3.05, 3.63) is 16.5 Å². The van der Waals surface area contributed by atoms with Crippen LogP contribution < -0.4 is 5.32 Å². The van der Waals surface area contributed by atoms with Crippen LogP contribution in [0.5, 0.6) is 0 Å². The monoisotopic (exact) mass is 270 g/mol. The minimum absolute atomic E-state index is 0.0182. The van der Waals surface area contributed by atoms with Gasteiger partial charge in [0.05, 0.1) is 6.54 Å². The molecule has 100 valence electrons. The number of hydrogen-bond acceptors (Lipinski definition) is 4. The summed E-state index contributed by atoms with van der Waals surface area (Å²) in [7, 11) is 1.77. The van der Waals surface area contributed by atoms with Crippen LogP contribution in [-0.2, 0) is 11.2 Å². The van der Waals surface area contributed by atoms with E-state index in [1.54, 1.807) is 11.9 Å². The zero-order valence-corrected chi connectivity index (χ0v) is 12.0. The summed E-state index contributed by atoms with van der Waals surface area (Å²) < 4.78 is 0. The smallest absolute Gasteiger partial charge is 0.241 e. The molecule has 0 radical (unpaired) electrons. The molecule has 5 nitrogen and oxygen atoms in total. The van der Waals surface area contributed by atoms with Crippen LogP contribution in [0.3, 0.4) is 0 Å². The first kappa shape index (κ1) is 14.7. The first-order valence-corrected chi connectivity index (χ1v) is 6.38. The Labute approximate surface area is 113 Å². The third-order valence-electron chi connectivity index (χ3n) is 2.76. The topological polar surface area (TPSA) is 58.1 Å². The first-order chi connectivity index (χ1) is 8.49. The molecular weight excluding hydrogens is 252 g/mol. The second-order valence-electron chi connectivity index (χ2n) is 4.02. The number of nitrogens with zero attached hydrogens (tertiary/aromatic N) is 3. The molecule has 0 atom stereocenters. The van der Waals surface area contributed by atoms with Crippen molar-refractivity contribution in [3.8, 4) is 0 Å². The van der Waals surface area contributed by atoms with Crippen molar-refractivity contribution < 1.29 is 4.79 Å². The molecule has 6 heteroatoms. The maximum Gasteiger partial charge on any atom is 0.241 e. The van der Waals surface area contributed by atoms with Crippen LogP contribution in [0.2, 0.25) is 5.15 Å². The molecule has 0 aliphatic heterocycles. The fourth-order valence-corrected chi connectivity index (χ4v) is 1.52. The molecule has 18 heavy (non-hydrogen) atoms. The first-order valence-electron chi connectivity index (χ1n) is 6.00. The number of likely N-dealkylation sites (N-methyl/N-ethyl adjacent to an activating group) is 1. The molecular formula is C12H19ClN4O. The van der Waals surface area contributed by atoms with Crippen molar-refractivity contribution in [3.63, 3.8) is 0 Å². The molecule has 0 aliphatic rings. The molecule has 1 heterocycles. The zero-order chi connectivity index (χ0) is 13.7. The molecule has 1 rings (SSSR count). The minimum Gasteiger partial charge on any atom is -0.361 e. The number of aryl methyl sites for hydroxylation is 1. The Hall–Kier alpha value is -1.36. The van der Waals surface area contributed by atoms with Crippen molar-refractivity contribution in [2.24, 2.45) is 0 Å². The molecule has 0 saturated carbocycles. The highest BCUT2D eigenvalue weighted by molar-refractivity contribution is 6.30. The summed E-state index contributed by atoms with van der Waals surface area (Å²) >= 11 is 6.02. The Balaban J connectivity index is 2.78. The van der Waals surface area contributed by atoms with Gasteiger partial charge in [0.15, 0.2) is 0 Å². The van der Waals surface area contributed by atoms with Gasteiger partial charge in [-0.1, -0.05) is 18.5 Å². The standard InChI is InChI=1S/C12H19ClN4O/c1-5-9-15-11(13)8(3)12(16-9)14-7-10(18)17(4)6-2/h5-7H2,1-4H3,(H,14,15,16). The van der Waals surface area contributed by atoms with E-state index in [9.17, 15) is 4.79 Å². The Morgan fingerprint density at radius 1 is 1.39 bits per heavy atom. The molecule has 1 aromatic heterocycles. The molecule has 0 fully saturated rings. The summed E-state index contributed by atoms with van der Waals surface area (Å²) in [5.41, 5.74) is 0.765. The second kappa shape index (κ2) is 6.54. The van der Waals surface area contributed by atoms with Gasteiger partial charge in [-0.2, -0.15) is 0 Å². The molecule has 1 aromatic rings. The number of rotatable bonds is 5. The van der Waals surface area contributed by atoms with Crippen LogP contribution in [-0.4, -0.2) is 40.9 Å². The van der Waals surface area contributed by atoms with Gasteiger partial charge >= 0.3 is 0 Å². The predicted molar refractivity (Wildman–Crippen MR) is 73.0 cm³/mol. The van der Waals surface area contributed by atoms with Crippen LogP contribution in [0, 0.1) is 6.92 Å². The number of carbonyl (C=O) groups excluding carboxylic acids is 1. The number of aromatic nitrogens is 2. The van der Waals surface area contributed by atoms with Crippen LogP contribution in [0.1, 0.15) is 25.2 Å². The van der Waals surface area contributed by atoms with Gasteiger partial charge in [0.2, 0.25) is 5.91 Å². The number of hydrogen-bond donors (Lipinski definition) is 1. The molecule has 0 unspecified atom stereocenters. The van der Waals surface area contributed by atoms with Crippen molar-refractivity contribution in [2.45, 2.75) is 27.2 Å². The maximum absolute atomic E-state index is 11.7. The maximum atomic E-state index is 11.7. The van der Waals surface area contributed by atoms with E-state index in [0.29, 0.717) is 29.8 Å². The van der Waals surface area contributed by atoms with Crippen molar-refractivity contribution in [1.29, 1.82) is 0 Å². The zero-order valence-electron chi connectivity index (χ0n) is 11.2. The largest absolute Gasteiger partial charge is 0.361 e. The lowest BCUT2D eigenvalue weighted by molar-refractivity contribution is -0.127. The molecule has 0 spiro atoms. The van der Waals surface area contributed by atoms with Crippen LogP contribution >= 0.6 is 11.6 Å². The lowest BCUT2D eigenvalue weighted by Crippen LogP contribution is -2.32. The molecule has 0 bridgehead atoms. The minimum atomic E-state index is 0.0182. The van der Waals surface area contributed by atoms with E-state index >= 15 is 0 Å². The summed E-state index contributed by atoms with van der Waals surface area (Å²) in [6, 6.07) is 0. The average molecular weight is 271 g/mol. The highest BCUT2D eigenvalue weighted by Gasteiger charge is 2.11. The van der Waals surface area contributed by atoms with Crippen molar-refractivity contribution >= 4 is 23.3 Å². The van der Waals surface area contributed by atoms with Gasteiger partial charge in [0.25, 0.3) is 0 Å². The molecule has 0 aliphatic carbocycles. The van der Waals surface area contributed by atoms with E-state index < -0.39 is 0 Å². The predicted octanol–water partition coefficient (Wildman–Crippen LogP) is 1.89. The van der Waals surface area contributed by atoms with Gasteiger partial charge in [0, 0.05) is 25.6 Å². The number of nitrogens with one attached hydrogen (secondary N) is 1. The number of amides is 1. The summed E-state index contributed by atoms with van der Waals surface area (Å²) in [4.78, 5) is 21.8. The summed E-state index contributed by atoms with van der Waals surface area (Å²) in [6.07, 6.45) is 0.706. The van der Waals surface area contributed by atoms with E-state index in [0.717, 1.165) is 5.56 Å². The van der Waals surface area contributed by atoms with Gasteiger partial charge in [-0.25, -0.2) is 9.97 Å². The van der Waals surface area contributed by atoms with Crippen LogP contribution in [0.4, 0.5) is 5.82 Å². The molecule has 1 amide bonds. The number of carbonyl (C=O) groups is 1. The fraction of sp³-hybridized carbons (Fsp3) is 0.583. The normalized spacial score (nSPS) is 10.3. The molecule has 0 saturated heterocycles. The third kappa shape index (κ3) is 3.57. The average Bonchev–Trinajstić information content (AvgIpc) is 2.38. The molecule has 0 aromatic carbocycles. The third-order valence-corrected chi connectivity index (χ3v) is 3.12. The van der Waals surface area contributed by atoms with Gasteiger partial charge in [0.1, 0.15) is 16.8 Å². The lowest BCUT2D eigenvalue weighted by Gasteiger charge is -2.16. The summed E-state index contributed by atoms with van der Waals surface area (Å²) in [6.45, 7) is 6.62. The van der Waals surface area contributed by atoms with Crippen molar-refractivity contribution in [2.75, 3.05) is 25.5 Å². The number of halogens is 1. The fourth-order valence-electron chi connectivity index (χ4n) is 1.33. The Morgan fingerprint density at radius 3 is 2.61 bits per heavy atom. The Morgan fingerprint density at radius 2 is 2.06 bits per heavy atom. The lowest BCUT2D eigenvalue weighted by atomic mass is 10.3. The van der Waals surface area contributed by atoms with Gasteiger partial charge < -0.3 is 10.2 Å². The van der Waals surface area contributed by atoms with Gasteiger partial charge in [-0.15, -0.1) is 0 Å². The van der Waals surface area contributed by atoms with Gasteiger partial charge in [-0.3, -0.25) is 4.79 Å².